The Labute approximate surface area is 93.2 Å². The zero-order chi connectivity index (χ0) is 8.53. The van der Waals surface area contributed by atoms with E-state index >= 15 is 0 Å². The predicted molar refractivity (Wildman–Crippen MR) is 69.9 cm³/mol. The van der Waals surface area contributed by atoms with Gasteiger partial charge in [-0.05, 0) is 6.26 Å². The normalized spacial score (nSPS) is 10.9. The maximum absolute atomic E-state index is 4.16. The summed E-state index contributed by atoms with van der Waals surface area (Å²) in [6.07, 6.45) is 2.15. The van der Waals surface area contributed by atoms with E-state index < -0.39 is 0 Å². The van der Waals surface area contributed by atoms with E-state index in [0.29, 0.717) is 0 Å². The first-order chi connectivity index (χ1) is 5.27. The summed E-state index contributed by atoms with van der Waals surface area (Å²) in [6, 6.07) is 0. The van der Waals surface area contributed by atoms with Gasteiger partial charge in [-0.3, -0.25) is 0 Å². The molecular formula is C6H14S5. The van der Waals surface area contributed by atoms with Crippen LogP contribution >= 0.6 is 60.5 Å². The summed E-state index contributed by atoms with van der Waals surface area (Å²) in [4.78, 5) is 0. The number of thioether (sulfide) groups is 3. The van der Waals surface area contributed by atoms with Crippen molar-refractivity contribution in [3.8, 4) is 0 Å². The van der Waals surface area contributed by atoms with Crippen molar-refractivity contribution >= 4 is 60.5 Å². The van der Waals surface area contributed by atoms with Crippen LogP contribution in [0.25, 0.3) is 0 Å². The first kappa shape index (κ1) is 12.8. The van der Waals surface area contributed by atoms with Crippen molar-refractivity contribution in [1.29, 1.82) is 0 Å². The lowest BCUT2D eigenvalue weighted by molar-refractivity contribution is 1.49. The maximum atomic E-state index is 4.16. The van der Waals surface area contributed by atoms with Crippen molar-refractivity contribution in [2.24, 2.45) is 0 Å². The molecule has 5 heteroatoms. The molecule has 0 amide bonds. The monoisotopic (exact) mass is 246 g/mol. The van der Waals surface area contributed by atoms with Crippen LogP contribution in [0.2, 0.25) is 0 Å². The van der Waals surface area contributed by atoms with E-state index in [9.17, 15) is 0 Å². The molecule has 0 bridgehead atoms. The van der Waals surface area contributed by atoms with E-state index in [0.717, 1.165) is 5.75 Å². The fourth-order valence-corrected chi connectivity index (χ4v) is 3.50. The highest BCUT2D eigenvalue weighted by atomic mass is 32.2. The second-order valence-corrected chi connectivity index (χ2v) is 7.36. The Morgan fingerprint density at radius 2 is 1.73 bits per heavy atom. The van der Waals surface area contributed by atoms with Crippen LogP contribution in [-0.2, 0) is 0 Å². The van der Waals surface area contributed by atoms with Crippen LogP contribution in [0.1, 0.15) is 0 Å². The molecule has 0 aliphatic rings. The highest BCUT2D eigenvalue weighted by Gasteiger charge is 1.94. The molecule has 0 atom stereocenters. The van der Waals surface area contributed by atoms with Gasteiger partial charge in [0.05, 0.1) is 3.91 Å². The summed E-state index contributed by atoms with van der Waals surface area (Å²) in [7, 11) is 0. The fraction of sp³-hybridized carbons (Fsp3) is 1.00. The van der Waals surface area contributed by atoms with Gasteiger partial charge in [-0.2, -0.15) is 48.8 Å². The van der Waals surface area contributed by atoms with Crippen LogP contribution in [0.15, 0.2) is 0 Å². The van der Waals surface area contributed by atoms with E-state index in [4.69, 9.17) is 0 Å². The summed E-state index contributed by atoms with van der Waals surface area (Å²) >= 11 is 14.0. The third-order valence-corrected chi connectivity index (χ3v) is 4.67. The van der Waals surface area contributed by atoms with Gasteiger partial charge in [-0.25, -0.2) is 0 Å². The molecule has 0 saturated heterocycles. The second kappa shape index (κ2) is 9.84. The van der Waals surface area contributed by atoms with Crippen LogP contribution in [0.5, 0.6) is 0 Å². The van der Waals surface area contributed by atoms with E-state index in [1.165, 1.54) is 17.3 Å². The minimum Gasteiger partial charge on any atom is -0.165 e. The molecule has 0 spiro atoms. The Morgan fingerprint density at radius 1 is 1.09 bits per heavy atom. The zero-order valence-electron chi connectivity index (χ0n) is 6.52. The van der Waals surface area contributed by atoms with Crippen LogP contribution in [0, 0.1) is 0 Å². The molecule has 0 nitrogen and oxygen atoms in total. The fourth-order valence-electron chi connectivity index (χ4n) is 0.457. The number of hydrogen-bond acceptors (Lipinski definition) is 5. The van der Waals surface area contributed by atoms with Crippen LogP contribution in [0.3, 0.4) is 0 Å². The molecule has 0 aliphatic heterocycles. The first-order valence-corrected chi connectivity index (χ1v) is 7.95. The van der Waals surface area contributed by atoms with Crippen molar-refractivity contribution in [2.45, 2.75) is 3.91 Å². The van der Waals surface area contributed by atoms with Gasteiger partial charge in [0.1, 0.15) is 0 Å². The predicted octanol–water partition coefficient (Wildman–Crippen LogP) is 2.96. The molecule has 0 aliphatic carbocycles. The van der Waals surface area contributed by atoms with Crippen LogP contribution < -0.4 is 0 Å². The van der Waals surface area contributed by atoms with Gasteiger partial charge < -0.3 is 0 Å². The Bertz CT molecular complexity index is 75.4. The Hall–Kier alpha value is 1.75. The lowest BCUT2D eigenvalue weighted by atomic mass is 10.9. The number of rotatable bonds is 7. The highest BCUT2D eigenvalue weighted by Crippen LogP contribution is 2.19. The van der Waals surface area contributed by atoms with E-state index in [-0.39, 0.29) is 3.91 Å². The van der Waals surface area contributed by atoms with Crippen LogP contribution in [0.4, 0.5) is 0 Å². The van der Waals surface area contributed by atoms with Gasteiger partial charge in [0, 0.05) is 23.0 Å². The molecule has 0 N–H and O–H groups in total. The minimum atomic E-state index is 0.191. The Morgan fingerprint density at radius 3 is 2.27 bits per heavy atom. The molecule has 68 valence electrons. The molecule has 11 heavy (non-hydrogen) atoms. The largest absolute Gasteiger partial charge is 0.165 e. The average Bonchev–Trinajstić information content (AvgIpc) is 1.96. The smallest absolute Gasteiger partial charge is 0.0899 e. The quantitative estimate of drug-likeness (QED) is 0.403. The van der Waals surface area contributed by atoms with Crippen molar-refractivity contribution in [3.05, 3.63) is 0 Å². The third-order valence-electron chi connectivity index (χ3n) is 0.926. The SMILES string of the molecule is CSCCSCCSC(S)S. The molecular weight excluding hydrogens is 232 g/mol. The van der Waals surface area contributed by atoms with Crippen molar-refractivity contribution in [2.75, 3.05) is 29.3 Å². The minimum absolute atomic E-state index is 0.191. The Kier molecular flexibility index (Phi) is 11.4. The van der Waals surface area contributed by atoms with Crippen LogP contribution in [-0.4, -0.2) is 33.2 Å². The summed E-state index contributed by atoms with van der Waals surface area (Å²) < 4.78 is 0.191. The standard InChI is InChI=1S/C6H14S5/c1-9-2-3-10-4-5-11-6(7)8/h6-8H,2-5H2,1H3. The topological polar surface area (TPSA) is 0 Å². The zero-order valence-corrected chi connectivity index (χ0v) is 10.8. The molecule has 0 fully saturated rings. The van der Waals surface area contributed by atoms with Gasteiger partial charge in [0.2, 0.25) is 0 Å². The molecule has 0 saturated carbocycles. The van der Waals surface area contributed by atoms with Crippen molar-refractivity contribution < 1.29 is 0 Å². The van der Waals surface area contributed by atoms with Gasteiger partial charge in [0.25, 0.3) is 0 Å². The summed E-state index contributed by atoms with van der Waals surface area (Å²) in [5.41, 5.74) is 0. The first-order valence-electron chi connectivity index (χ1n) is 3.32. The summed E-state index contributed by atoms with van der Waals surface area (Å²) in [6.45, 7) is 0. The molecule has 0 aromatic carbocycles. The maximum Gasteiger partial charge on any atom is 0.0899 e. The van der Waals surface area contributed by atoms with Crippen molar-refractivity contribution in [3.63, 3.8) is 0 Å². The molecule has 0 unspecified atom stereocenters. The molecule has 0 heterocycles. The second-order valence-electron chi connectivity index (χ2n) is 1.80. The van der Waals surface area contributed by atoms with E-state index in [1.807, 2.05) is 23.5 Å². The lowest BCUT2D eigenvalue weighted by Gasteiger charge is -2.02. The Balaban J connectivity index is 2.80. The van der Waals surface area contributed by atoms with Gasteiger partial charge in [-0.1, -0.05) is 0 Å². The number of hydrogen-bond donors (Lipinski definition) is 2. The molecule has 0 aromatic rings. The summed E-state index contributed by atoms with van der Waals surface area (Å²) in [5.74, 6) is 4.92. The lowest BCUT2D eigenvalue weighted by Crippen LogP contribution is -1.90. The highest BCUT2D eigenvalue weighted by molar-refractivity contribution is 8.22. The number of thiol groups is 2. The molecule has 0 rings (SSSR count). The average molecular weight is 247 g/mol. The third kappa shape index (κ3) is 11.8. The molecule has 0 aromatic heterocycles. The van der Waals surface area contributed by atoms with Gasteiger partial charge in [0.15, 0.2) is 0 Å². The van der Waals surface area contributed by atoms with Gasteiger partial charge >= 0.3 is 0 Å². The van der Waals surface area contributed by atoms with E-state index in [2.05, 4.69) is 31.5 Å². The molecule has 0 radical (unpaired) electrons. The van der Waals surface area contributed by atoms with E-state index in [1.54, 1.807) is 11.8 Å². The summed E-state index contributed by atoms with van der Waals surface area (Å²) in [5, 5.41) is 0. The van der Waals surface area contributed by atoms with Crippen molar-refractivity contribution in [1.82, 2.24) is 0 Å². The van der Waals surface area contributed by atoms with Gasteiger partial charge in [-0.15, -0.1) is 11.8 Å².